The summed E-state index contributed by atoms with van der Waals surface area (Å²) in [4.78, 5) is 11.7. The summed E-state index contributed by atoms with van der Waals surface area (Å²) in [6, 6.07) is 0. The van der Waals surface area contributed by atoms with Crippen LogP contribution in [0, 0.1) is 17.8 Å². The van der Waals surface area contributed by atoms with Crippen molar-refractivity contribution in [1.29, 1.82) is 0 Å². The fraction of sp³-hybridized carbons (Fsp3) is 0.933. The molecule has 0 aromatic heterocycles. The molecule has 18 heavy (non-hydrogen) atoms. The second-order valence-corrected chi connectivity index (χ2v) is 6.37. The average Bonchev–Trinajstić information content (AvgIpc) is 2.33. The minimum Gasteiger partial charge on any atom is -0.459 e. The van der Waals surface area contributed by atoms with Crippen molar-refractivity contribution >= 4 is 5.97 Å². The highest BCUT2D eigenvalue weighted by atomic mass is 16.6. The second kappa shape index (κ2) is 4.52. The standard InChI is InChI=1S/C15H24O3/c1-3-13(16)18-14-12-6-10-5-11(7-12)9-15(14,8-10)17-4-2/h10-12,14H,3-9H2,1-2H3. The molecule has 4 fully saturated rings. The molecule has 3 nitrogen and oxygen atoms in total. The highest BCUT2D eigenvalue weighted by molar-refractivity contribution is 5.69. The summed E-state index contributed by atoms with van der Waals surface area (Å²) in [6.45, 7) is 4.65. The first kappa shape index (κ1) is 12.5. The molecular weight excluding hydrogens is 228 g/mol. The minimum absolute atomic E-state index is 0.0256. The monoisotopic (exact) mass is 252 g/mol. The van der Waals surface area contributed by atoms with Gasteiger partial charge in [-0.15, -0.1) is 0 Å². The van der Waals surface area contributed by atoms with Gasteiger partial charge in [-0.05, 0) is 56.8 Å². The Morgan fingerprint density at radius 2 is 1.83 bits per heavy atom. The molecule has 3 atom stereocenters. The van der Waals surface area contributed by atoms with E-state index in [0.29, 0.717) is 12.3 Å². The molecule has 0 aromatic carbocycles. The van der Waals surface area contributed by atoms with E-state index < -0.39 is 0 Å². The van der Waals surface area contributed by atoms with Gasteiger partial charge < -0.3 is 9.47 Å². The molecule has 4 aliphatic carbocycles. The van der Waals surface area contributed by atoms with Gasteiger partial charge in [-0.1, -0.05) is 6.92 Å². The van der Waals surface area contributed by atoms with Gasteiger partial charge in [-0.2, -0.15) is 0 Å². The molecule has 3 unspecified atom stereocenters. The summed E-state index contributed by atoms with van der Waals surface area (Å²) in [5.74, 6) is 2.11. The first-order valence-electron chi connectivity index (χ1n) is 7.50. The minimum atomic E-state index is -0.145. The zero-order valence-electron chi connectivity index (χ0n) is 11.5. The summed E-state index contributed by atoms with van der Waals surface area (Å²) in [7, 11) is 0. The third kappa shape index (κ3) is 1.87. The van der Waals surface area contributed by atoms with Crippen LogP contribution >= 0.6 is 0 Å². The van der Waals surface area contributed by atoms with Gasteiger partial charge in [0, 0.05) is 13.0 Å². The molecule has 102 valence electrons. The third-order valence-electron chi connectivity index (χ3n) is 5.13. The topological polar surface area (TPSA) is 35.5 Å². The number of hydrogen-bond acceptors (Lipinski definition) is 3. The molecule has 0 amide bonds. The smallest absolute Gasteiger partial charge is 0.305 e. The number of ether oxygens (including phenoxy) is 2. The van der Waals surface area contributed by atoms with Gasteiger partial charge in [0.25, 0.3) is 0 Å². The largest absolute Gasteiger partial charge is 0.459 e. The number of carbonyl (C=O) groups excluding carboxylic acids is 1. The van der Waals surface area contributed by atoms with Crippen LogP contribution in [0.4, 0.5) is 0 Å². The van der Waals surface area contributed by atoms with E-state index in [-0.39, 0.29) is 17.7 Å². The van der Waals surface area contributed by atoms with Crippen molar-refractivity contribution in [3.8, 4) is 0 Å². The van der Waals surface area contributed by atoms with E-state index in [0.717, 1.165) is 31.3 Å². The van der Waals surface area contributed by atoms with Crippen LogP contribution in [0.15, 0.2) is 0 Å². The summed E-state index contributed by atoms with van der Waals surface area (Å²) in [5, 5.41) is 0. The summed E-state index contributed by atoms with van der Waals surface area (Å²) in [5.41, 5.74) is -0.145. The Bertz CT molecular complexity index is 325. The van der Waals surface area contributed by atoms with Crippen LogP contribution in [0.2, 0.25) is 0 Å². The first-order valence-corrected chi connectivity index (χ1v) is 7.50. The molecule has 4 rings (SSSR count). The molecule has 0 saturated heterocycles. The SMILES string of the molecule is CCOC12CC3CC(CC(C3)C1OC(=O)CC)C2. The Morgan fingerprint density at radius 1 is 1.17 bits per heavy atom. The highest BCUT2D eigenvalue weighted by Crippen LogP contribution is 2.58. The van der Waals surface area contributed by atoms with Crippen molar-refractivity contribution in [3.63, 3.8) is 0 Å². The summed E-state index contributed by atoms with van der Waals surface area (Å²) < 4.78 is 11.9. The molecule has 0 aliphatic heterocycles. The molecule has 0 spiro atoms. The number of esters is 1. The highest BCUT2D eigenvalue weighted by Gasteiger charge is 2.59. The Labute approximate surface area is 109 Å². The normalized spacial score (nSPS) is 45.2. The van der Waals surface area contributed by atoms with Gasteiger partial charge >= 0.3 is 5.97 Å². The van der Waals surface area contributed by atoms with Crippen LogP contribution in [0.1, 0.15) is 52.4 Å². The Kier molecular flexibility index (Phi) is 3.13. The predicted molar refractivity (Wildman–Crippen MR) is 68.1 cm³/mol. The van der Waals surface area contributed by atoms with Gasteiger partial charge in [0.15, 0.2) is 0 Å². The van der Waals surface area contributed by atoms with E-state index in [9.17, 15) is 4.79 Å². The Morgan fingerprint density at radius 3 is 2.39 bits per heavy atom. The van der Waals surface area contributed by atoms with Crippen LogP contribution in [0.5, 0.6) is 0 Å². The summed E-state index contributed by atoms with van der Waals surface area (Å²) >= 11 is 0. The molecule has 0 aromatic rings. The fourth-order valence-corrected chi connectivity index (χ4v) is 4.84. The van der Waals surface area contributed by atoms with Crippen LogP contribution in [-0.4, -0.2) is 24.3 Å². The molecule has 3 heteroatoms. The predicted octanol–water partition coefficient (Wildman–Crippen LogP) is 2.92. The van der Waals surface area contributed by atoms with Crippen molar-refractivity contribution in [2.45, 2.75) is 64.1 Å². The molecule has 0 radical (unpaired) electrons. The zero-order valence-corrected chi connectivity index (χ0v) is 11.5. The zero-order chi connectivity index (χ0) is 12.8. The second-order valence-electron chi connectivity index (χ2n) is 6.37. The number of rotatable bonds is 4. The summed E-state index contributed by atoms with van der Waals surface area (Å²) in [6.07, 6.45) is 6.57. The molecule has 4 aliphatic rings. The van der Waals surface area contributed by atoms with E-state index >= 15 is 0 Å². The maximum absolute atomic E-state index is 11.7. The van der Waals surface area contributed by atoms with Crippen LogP contribution in [-0.2, 0) is 14.3 Å². The molecular formula is C15H24O3. The van der Waals surface area contributed by atoms with Crippen LogP contribution < -0.4 is 0 Å². The van der Waals surface area contributed by atoms with E-state index in [1.54, 1.807) is 0 Å². The lowest BCUT2D eigenvalue weighted by molar-refractivity contribution is -0.239. The van der Waals surface area contributed by atoms with E-state index in [1.807, 2.05) is 6.92 Å². The average molecular weight is 252 g/mol. The fourth-order valence-electron chi connectivity index (χ4n) is 4.84. The van der Waals surface area contributed by atoms with Crippen molar-refractivity contribution < 1.29 is 14.3 Å². The van der Waals surface area contributed by atoms with Gasteiger partial charge in [0.05, 0.1) is 0 Å². The van der Waals surface area contributed by atoms with Crippen molar-refractivity contribution in [1.82, 2.24) is 0 Å². The van der Waals surface area contributed by atoms with E-state index in [4.69, 9.17) is 9.47 Å². The maximum atomic E-state index is 11.7. The molecule has 0 N–H and O–H groups in total. The van der Waals surface area contributed by atoms with Gasteiger partial charge in [-0.3, -0.25) is 4.79 Å². The van der Waals surface area contributed by atoms with Gasteiger partial charge in [-0.25, -0.2) is 0 Å². The lowest BCUT2D eigenvalue weighted by atomic mass is 9.52. The molecule has 4 bridgehead atoms. The Balaban J connectivity index is 1.83. The van der Waals surface area contributed by atoms with Crippen molar-refractivity contribution in [3.05, 3.63) is 0 Å². The number of carbonyl (C=O) groups is 1. The van der Waals surface area contributed by atoms with E-state index in [2.05, 4.69) is 6.92 Å². The van der Waals surface area contributed by atoms with Crippen molar-refractivity contribution in [2.75, 3.05) is 6.61 Å². The van der Waals surface area contributed by atoms with Crippen molar-refractivity contribution in [2.24, 2.45) is 17.8 Å². The van der Waals surface area contributed by atoms with Crippen LogP contribution in [0.3, 0.4) is 0 Å². The lowest BCUT2D eigenvalue weighted by Crippen LogP contribution is -2.62. The van der Waals surface area contributed by atoms with Gasteiger partial charge in [0.1, 0.15) is 11.7 Å². The number of hydrogen-bond donors (Lipinski definition) is 0. The lowest BCUT2D eigenvalue weighted by Gasteiger charge is -2.59. The first-order chi connectivity index (χ1) is 8.66. The van der Waals surface area contributed by atoms with Gasteiger partial charge in [0.2, 0.25) is 0 Å². The van der Waals surface area contributed by atoms with Crippen LogP contribution in [0.25, 0.3) is 0 Å². The van der Waals surface area contributed by atoms with E-state index in [1.165, 1.54) is 19.3 Å². The quantitative estimate of drug-likeness (QED) is 0.722. The maximum Gasteiger partial charge on any atom is 0.305 e. The molecule has 4 saturated carbocycles. The molecule has 0 heterocycles. The Hall–Kier alpha value is -0.570. The third-order valence-corrected chi connectivity index (χ3v) is 5.13.